The molecule has 0 aliphatic rings. The number of nitrogens with one attached hydrogen (secondary N) is 1. The van der Waals surface area contributed by atoms with Gasteiger partial charge in [0.05, 0.1) is 3.79 Å². The third kappa shape index (κ3) is 4.28. The van der Waals surface area contributed by atoms with Crippen molar-refractivity contribution in [2.75, 3.05) is 11.9 Å². The zero-order valence-corrected chi connectivity index (χ0v) is 13.8. The average Bonchev–Trinajstić information content (AvgIpc) is 2.74. The zero-order chi connectivity index (χ0) is 13.8. The third-order valence-corrected chi connectivity index (χ3v) is 4.43. The Hall–Kier alpha value is -0.940. The number of hydrogen-bond donors (Lipinski definition) is 1. The normalized spacial score (nSPS) is 11.0. The van der Waals surface area contributed by atoms with Crippen LogP contribution < -0.4 is 5.32 Å². The van der Waals surface area contributed by atoms with Gasteiger partial charge >= 0.3 is 0 Å². The number of hydrogen-bond acceptors (Lipinski definition) is 4. The Kier molecular flexibility index (Phi) is 4.93. The van der Waals surface area contributed by atoms with E-state index in [-0.39, 0.29) is 0 Å². The summed E-state index contributed by atoms with van der Waals surface area (Å²) < 4.78 is 1.18. The summed E-state index contributed by atoms with van der Waals surface area (Å²) in [5.74, 6) is 1.16. The maximum Gasteiger partial charge on any atom is 0.223 e. The van der Waals surface area contributed by atoms with Gasteiger partial charge in [0.2, 0.25) is 5.95 Å². The molecule has 0 aromatic carbocycles. The van der Waals surface area contributed by atoms with Crippen molar-refractivity contribution in [3.05, 3.63) is 38.3 Å². The number of thiophene rings is 1. The number of anilines is 1. The predicted octanol–water partition coefficient (Wildman–Crippen LogP) is 4.39. The predicted molar refractivity (Wildman–Crippen MR) is 85.1 cm³/mol. The molecule has 102 valence electrons. The molecular weight excluding hydrogens is 322 g/mol. The molecule has 0 amide bonds. The topological polar surface area (TPSA) is 37.8 Å². The van der Waals surface area contributed by atoms with E-state index in [2.05, 4.69) is 57.2 Å². The lowest BCUT2D eigenvalue weighted by Gasteiger charge is -2.09. The third-order valence-electron chi connectivity index (χ3n) is 2.75. The lowest BCUT2D eigenvalue weighted by atomic mass is 10.1. The first-order valence-corrected chi connectivity index (χ1v) is 7.99. The standard InChI is InChI=1S/C14H18BrN3S/c1-9(2)12-8-10(3)17-14(18-12)16-7-6-11-4-5-13(15)19-11/h4-5,8-9H,6-7H2,1-3H3,(H,16,17,18). The average molecular weight is 340 g/mol. The summed E-state index contributed by atoms with van der Waals surface area (Å²) in [6.07, 6.45) is 0.991. The van der Waals surface area contributed by atoms with Crippen molar-refractivity contribution >= 4 is 33.2 Å². The first-order valence-electron chi connectivity index (χ1n) is 6.38. The van der Waals surface area contributed by atoms with Gasteiger partial charge in [-0.05, 0) is 53.4 Å². The molecule has 2 aromatic heterocycles. The molecule has 5 heteroatoms. The lowest BCUT2D eigenvalue weighted by Crippen LogP contribution is -2.09. The van der Waals surface area contributed by atoms with E-state index in [0.717, 1.165) is 30.3 Å². The van der Waals surface area contributed by atoms with Crippen LogP contribution in [-0.4, -0.2) is 16.5 Å². The number of aryl methyl sites for hydroxylation is 1. The maximum atomic E-state index is 4.54. The minimum absolute atomic E-state index is 0.426. The summed E-state index contributed by atoms with van der Waals surface area (Å²) in [5.41, 5.74) is 2.11. The highest BCUT2D eigenvalue weighted by molar-refractivity contribution is 9.11. The maximum absolute atomic E-state index is 4.54. The number of halogens is 1. The molecule has 0 aliphatic carbocycles. The molecule has 0 saturated carbocycles. The Labute approximate surface area is 126 Å². The van der Waals surface area contributed by atoms with Gasteiger partial charge in [0.15, 0.2) is 0 Å². The second-order valence-electron chi connectivity index (χ2n) is 4.80. The Morgan fingerprint density at radius 3 is 2.74 bits per heavy atom. The van der Waals surface area contributed by atoms with Gasteiger partial charge in [0.1, 0.15) is 0 Å². The smallest absolute Gasteiger partial charge is 0.223 e. The van der Waals surface area contributed by atoms with Gasteiger partial charge < -0.3 is 5.32 Å². The second kappa shape index (κ2) is 6.48. The summed E-state index contributed by atoms with van der Waals surface area (Å²) in [6.45, 7) is 7.16. The van der Waals surface area contributed by atoms with E-state index in [4.69, 9.17) is 0 Å². The van der Waals surface area contributed by atoms with E-state index in [1.807, 2.05) is 13.0 Å². The Morgan fingerprint density at radius 1 is 1.32 bits per heavy atom. The molecule has 0 radical (unpaired) electrons. The largest absolute Gasteiger partial charge is 0.354 e. The highest BCUT2D eigenvalue weighted by atomic mass is 79.9. The van der Waals surface area contributed by atoms with E-state index < -0.39 is 0 Å². The summed E-state index contributed by atoms with van der Waals surface area (Å²) in [6, 6.07) is 6.28. The molecule has 0 bridgehead atoms. The van der Waals surface area contributed by atoms with Crippen LogP contribution in [0.2, 0.25) is 0 Å². The van der Waals surface area contributed by atoms with Crippen LogP contribution in [0.1, 0.15) is 36.0 Å². The van der Waals surface area contributed by atoms with Gasteiger partial charge in [-0.15, -0.1) is 11.3 Å². The Balaban J connectivity index is 1.95. The van der Waals surface area contributed by atoms with Crippen molar-refractivity contribution in [2.24, 2.45) is 0 Å². The van der Waals surface area contributed by atoms with E-state index in [0.29, 0.717) is 5.92 Å². The zero-order valence-electron chi connectivity index (χ0n) is 11.4. The minimum Gasteiger partial charge on any atom is -0.354 e. The Morgan fingerprint density at radius 2 is 2.11 bits per heavy atom. The summed E-state index contributed by atoms with van der Waals surface area (Å²) in [7, 11) is 0. The monoisotopic (exact) mass is 339 g/mol. The highest BCUT2D eigenvalue weighted by Crippen LogP contribution is 2.22. The van der Waals surface area contributed by atoms with Crippen LogP contribution in [-0.2, 0) is 6.42 Å². The van der Waals surface area contributed by atoms with Crippen LogP contribution in [0.4, 0.5) is 5.95 Å². The molecule has 1 N–H and O–H groups in total. The van der Waals surface area contributed by atoms with Gasteiger partial charge in [-0.25, -0.2) is 9.97 Å². The van der Waals surface area contributed by atoms with Gasteiger partial charge in [0, 0.05) is 22.8 Å². The molecule has 2 heterocycles. The second-order valence-corrected chi connectivity index (χ2v) is 7.34. The first-order chi connectivity index (χ1) is 9.04. The summed E-state index contributed by atoms with van der Waals surface area (Å²) in [4.78, 5) is 10.3. The first kappa shape index (κ1) is 14.5. The molecule has 0 spiro atoms. The fourth-order valence-corrected chi connectivity index (χ4v) is 3.23. The number of nitrogens with zero attached hydrogens (tertiary/aromatic N) is 2. The molecule has 0 aliphatic heterocycles. The van der Waals surface area contributed by atoms with Crippen molar-refractivity contribution in [3.8, 4) is 0 Å². The van der Waals surface area contributed by atoms with Crippen LogP contribution >= 0.6 is 27.3 Å². The molecule has 19 heavy (non-hydrogen) atoms. The molecule has 0 saturated heterocycles. The molecule has 0 atom stereocenters. The van der Waals surface area contributed by atoms with E-state index in [1.165, 1.54) is 8.66 Å². The van der Waals surface area contributed by atoms with Gasteiger partial charge in [-0.1, -0.05) is 13.8 Å². The number of aromatic nitrogens is 2. The lowest BCUT2D eigenvalue weighted by molar-refractivity contribution is 0.808. The molecular formula is C14H18BrN3S. The summed E-state index contributed by atoms with van der Waals surface area (Å²) in [5, 5.41) is 3.31. The van der Waals surface area contributed by atoms with Crippen molar-refractivity contribution < 1.29 is 0 Å². The van der Waals surface area contributed by atoms with Crippen LogP contribution in [0.5, 0.6) is 0 Å². The van der Waals surface area contributed by atoms with Crippen molar-refractivity contribution in [1.29, 1.82) is 0 Å². The van der Waals surface area contributed by atoms with Crippen LogP contribution in [0, 0.1) is 6.92 Å². The molecule has 0 fully saturated rings. The molecule has 0 unspecified atom stereocenters. The van der Waals surface area contributed by atoms with Crippen LogP contribution in [0.3, 0.4) is 0 Å². The molecule has 2 rings (SSSR count). The number of rotatable bonds is 5. The minimum atomic E-state index is 0.426. The van der Waals surface area contributed by atoms with E-state index >= 15 is 0 Å². The SMILES string of the molecule is Cc1cc(C(C)C)nc(NCCc2ccc(Br)s2)n1. The molecule has 2 aromatic rings. The highest BCUT2D eigenvalue weighted by Gasteiger charge is 2.05. The Bertz CT molecular complexity index is 551. The van der Waals surface area contributed by atoms with Gasteiger partial charge in [-0.3, -0.25) is 0 Å². The van der Waals surface area contributed by atoms with Gasteiger partial charge in [0.25, 0.3) is 0 Å². The van der Waals surface area contributed by atoms with Crippen molar-refractivity contribution in [2.45, 2.75) is 33.1 Å². The van der Waals surface area contributed by atoms with Gasteiger partial charge in [-0.2, -0.15) is 0 Å². The van der Waals surface area contributed by atoms with Crippen molar-refractivity contribution in [1.82, 2.24) is 9.97 Å². The van der Waals surface area contributed by atoms with Crippen molar-refractivity contribution in [3.63, 3.8) is 0 Å². The fraction of sp³-hybridized carbons (Fsp3) is 0.429. The quantitative estimate of drug-likeness (QED) is 0.877. The summed E-state index contributed by atoms with van der Waals surface area (Å²) >= 11 is 5.25. The van der Waals surface area contributed by atoms with E-state index in [1.54, 1.807) is 11.3 Å². The fourth-order valence-electron chi connectivity index (χ4n) is 1.75. The molecule has 3 nitrogen and oxygen atoms in total. The van der Waals surface area contributed by atoms with Crippen LogP contribution in [0.15, 0.2) is 22.0 Å². The van der Waals surface area contributed by atoms with Crippen LogP contribution in [0.25, 0.3) is 0 Å². The van der Waals surface area contributed by atoms with E-state index in [9.17, 15) is 0 Å².